The number of likely N-dealkylation sites (N-methyl/N-ethyl adjacent to an activating group) is 1. The van der Waals surface area contributed by atoms with E-state index in [1.165, 1.54) is 6.20 Å². The van der Waals surface area contributed by atoms with Crippen molar-refractivity contribution in [1.82, 2.24) is 14.5 Å². The van der Waals surface area contributed by atoms with Gasteiger partial charge in [-0.25, -0.2) is 9.36 Å². The molecule has 0 atom stereocenters. The number of nitrogens with zero attached hydrogens (tertiary/aromatic N) is 2. The molecule has 0 unspecified atom stereocenters. The van der Waals surface area contributed by atoms with Crippen LogP contribution in [0, 0.1) is 0 Å². The zero-order valence-electron chi connectivity index (χ0n) is 15.9. The van der Waals surface area contributed by atoms with E-state index in [1.807, 2.05) is 52.2 Å². The molecule has 27 heavy (non-hydrogen) atoms. The summed E-state index contributed by atoms with van der Waals surface area (Å²) in [6, 6.07) is 10.1. The number of nitrogens with one attached hydrogen (secondary N) is 1. The number of hydrogen-bond acceptors (Lipinski definition) is 4. The number of carbonyl (C=O) groups is 1. The van der Waals surface area contributed by atoms with Crippen LogP contribution in [-0.4, -0.2) is 46.7 Å². The van der Waals surface area contributed by atoms with E-state index in [0.29, 0.717) is 11.3 Å². The highest BCUT2D eigenvalue weighted by Crippen LogP contribution is 2.27. The molecular weight excluding hydrogens is 344 g/mol. The number of benzene rings is 1. The van der Waals surface area contributed by atoms with Crippen LogP contribution in [-0.2, 0) is 0 Å². The lowest BCUT2D eigenvalue weighted by molar-refractivity contribution is 0.0776. The lowest BCUT2D eigenvalue weighted by Gasteiger charge is -2.29. The first-order valence-electron chi connectivity index (χ1n) is 8.65. The summed E-state index contributed by atoms with van der Waals surface area (Å²) < 4.78 is 7.02. The molecule has 0 saturated carbocycles. The molecule has 1 aromatic carbocycles. The van der Waals surface area contributed by atoms with Crippen LogP contribution in [0.15, 0.2) is 47.4 Å². The Labute approximate surface area is 157 Å². The summed E-state index contributed by atoms with van der Waals surface area (Å²) in [7, 11) is 4.01. The number of H-pyrrole nitrogens is 1. The molecule has 0 aliphatic rings. The molecule has 2 aromatic heterocycles. The second kappa shape index (κ2) is 6.92. The molecule has 0 fully saturated rings. The van der Waals surface area contributed by atoms with Crippen molar-refractivity contribution in [3.63, 3.8) is 0 Å². The van der Waals surface area contributed by atoms with Crippen molar-refractivity contribution in [1.29, 1.82) is 0 Å². The fourth-order valence-electron chi connectivity index (χ4n) is 3.30. The van der Waals surface area contributed by atoms with Crippen LogP contribution in [0.2, 0.25) is 0 Å². The Bertz CT molecular complexity index is 1050. The number of ether oxygens (including phenoxy) is 1. The number of fused-ring (bicyclic) bond motifs is 1. The maximum atomic E-state index is 12.5. The molecule has 0 aliphatic heterocycles. The van der Waals surface area contributed by atoms with Gasteiger partial charge in [0.05, 0.1) is 11.3 Å². The molecule has 0 radical (unpaired) electrons. The molecule has 7 heteroatoms. The number of amides is 1. The van der Waals surface area contributed by atoms with Crippen LogP contribution in [0.4, 0.5) is 4.79 Å². The van der Waals surface area contributed by atoms with Crippen LogP contribution < -0.4 is 16.0 Å². The summed E-state index contributed by atoms with van der Waals surface area (Å²) in [5, 5.41) is 0.914. The third-order valence-corrected chi connectivity index (χ3v) is 4.16. The molecule has 7 nitrogen and oxygen atoms in total. The van der Waals surface area contributed by atoms with Crippen LogP contribution in [0.3, 0.4) is 0 Å². The predicted molar refractivity (Wildman–Crippen MR) is 106 cm³/mol. The molecule has 3 N–H and O–H groups in total. The van der Waals surface area contributed by atoms with Gasteiger partial charge in [-0.3, -0.25) is 4.79 Å². The summed E-state index contributed by atoms with van der Waals surface area (Å²) >= 11 is 0. The van der Waals surface area contributed by atoms with Gasteiger partial charge in [-0.05, 0) is 64.3 Å². The third kappa shape index (κ3) is 4.03. The van der Waals surface area contributed by atoms with E-state index in [1.54, 1.807) is 12.1 Å². The molecule has 0 bridgehead atoms. The maximum Gasteiger partial charge on any atom is 0.325 e. The second-order valence-electron chi connectivity index (χ2n) is 7.47. The Morgan fingerprint density at radius 1 is 1.26 bits per heavy atom. The average molecular weight is 368 g/mol. The van der Waals surface area contributed by atoms with Gasteiger partial charge in [-0.2, -0.15) is 0 Å². The molecule has 3 rings (SSSR count). The number of hydrogen-bond donors (Lipinski definition) is 2. The first kappa shape index (κ1) is 18.7. The highest BCUT2D eigenvalue weighted by molar-refractivity contribution is 5.87. The minimum absolute atomic E-state index is 0.342. The Morgan fingerprint density at radius 2 is 2.00 bits per heavy atom. The van der Waals surface area contributed by atoms with Crippen molar-refractivity contribution in [3.05, 3.63) is 52.9 Å². The molecule has 0 aliphatic carbocycles. The van der Waals surface area contributed by atoms with Crippen LogP contribution in [0.25, 0.3) is 22.2 Å². The summed E-state index contributed by atoms with van der Waals surface area (Å²) in [6.45, 7) is 4.85. The van der Waals surface area contributed by atoms with Gasteiger partial charge in [-0.1, -0.05) is 0 Å². The number of aromatic nitrogens is 2. The number of rotatable bonds is 5. The minimum atomic E-state index is -0.809. The quantitative estimate of drug-likeness (QED) is 0.724. The molecule has 1 amide bonds. The van der Waals surface area contributed by atoms with Gasteiger partial charge in [0.15, 0.2) is 0 Å². The lowest BCUT2D eigenvalue weighted by Crippen LogP contribution is -2.39. The van der Waals surface area contributed by atoms with Crippen molar-refractivity contribution in [2.75, 3.05) is 20.6 Å². The maximum absolute atomic E-state index is 12.5. The second-order valence-corrected chi connectivity index (χ2v) is 7.47. The van der Waals surface area contributed by atoms with E-state index in [9.17, 15) is 9.59 Å². The van der Waals surface area contributed by atoms with Crippen molar-refractivity contribution in [3.8, 4) is 17.0 Å². The highest BCUT2D eigenvalue weighted by atomic mass is 16.5. The first-order chi connectivity index (χ1) is 12.7. The van der Waals surface area contributed by atoms with E-state index in [4.69, 9.17) is 10.5 Å². The van der Waals surface area contributed by atoms with E-state index in [2.05, 4.69) is 9.88 Å². The Morgan fingerprint density at radius 3 is 2.67 bits per heavy atom. The van der Waals surface area contributed by atoms with E-state index in [0.717, 1.165) is 27.8 Å². The van der Waals surface area contributed by atoms with Crippen molar-refractivity contribution in [2.45, 2.75) is 19.4 Å². The Balaban J connectivity index is 1.97. The van der Waals surface area contributed by atoms with Crippen molar-refractivity contribution < 1.29 is 9.53 Å². The number of aromatic amines is 1. The summed E-state index contributed by atoms with van der Waals surface area (Å²) in [4.78, 5) is 29.1. The monoisotopic (exact) mass is 368 g/mol. The third-order valence-electron chi connectivity index (χ3n) is 4.16. The lowest BCUT2D eigenvalue weighted by atomic mass is 10.1. The minimum Gasteiger partial charge on any atom is -0.487 e. The topological polar surface area (TPSA) is 93.3 Å². The van der Waals surface area contributed by atoms with Gasteiger partial charge >= 0.3 is 6.03 Å². The fraction of sp³-hybridized carbons (Fsp3) is 0.300. The van der Waals surface area contributed by atoms with Gasteiger partial charge in [0, 0.05) is 23.6 Å². The smallest absolute Gasteiger partial charge is 0.325 e. The van der Waals surface area contributed by atoms with E-state index in [-0.39, 0.29) is 5.60 Å². The largest absolute Gasteiger partial charge is 0.487 e. The molecule has 3 aromatic rings. The predicted octanol–water partition coefficient (Wildman–Crippen LogP) is 2.64. The zero-order valence-corrected chi connectivity index (χ0v) is 15.9. The number of primary amides is 1. The molecule has 142 valence electrons. The number of nitrogens with two attached hydrogens (primary N) is 1. The molecular formula is C20H24N4O3. The van der Waals surface area contributed by atoms with E-state index < -0.39 is 11.6 Å². The number of carbonyl (C=O) groups excluding carboxylic acids is 1. The molecule has 0 spiro atoms. The Hall–Kier alpha value is -3.06. The average Bonchev–Trinajstić information content (AvgIpc) is 2.95. The van der Waals surface area contributed by atoms with Gasteiger partial charge in [0.1, 0.15) is 11.4 Å². The molecule has 0 saturated heterocycles. The van der Waals surface area contributed by atoms with E-state index >= 15 is 0 Å². The first-order valence-corrected chi connectivity index (χ1v) is 8.65. The summed E-state index contributed by atoms with van der Waals surface area (Å²) in [6.07, 6.45) is 1.36. The van der Waals surface area contributed by atoms with Gasteiger partial charge in [0.25, 0.3) is 5.56 Å². The van der Waals surface area contributed by atoms with Gasteiger partial charge < -0.3 is 20.4 Å². The van der Waals surface area contributed by atoms with Crippen molar-refractivity contribution >= 4 is 16.9 Å². The van der Waals surface area contributed by atoms with Crippen LogP contribution in [0.5, 0.6) is 5.75 Å². The van der Waals surface area contributed by atoms with Gasteiger partial charge in [-0.15, -0.1) is 0 Å². The van der Waals surface area contributed by atoms with Crippen LogP contribution in [0.1, 0.15) is 13.8 Å². The Kier molecular flexibility index (Phi) is 4.80. The van der Waals surface area contributed by atoms with Crippen molar-refractivity contribution in [2.24, 2.45) is 5.73 Å². The fourth-order valence-corrected chi connectivity index (χ4v) is 3.30. The standard InChI is InChI=1S/C20H24N4O3/c1-20(2,12-23(3)4)27-14-7-8-16-13(10-14)11-17(22-16)15-6-5-9-24(18(15)25)19(21)26/h5-11,22H,12H2,1-4H3,(H2,21,26). The van der Waals surface area contributed by atoms with Gasteiger partial charge in [0.2, 0.25) is 0 Å². The normalized spacial score (nSPS) is 11.9. The summed E-state index contributed by atoms with van der Waals surface area (Å²) in [5.74, 6) is 0.752. The SMILES string of the molecule is CN(C)CC(C)(C)Oc1ccc2[nH]c(-c3cccn(C(N)=O)c3=O)cc2c1. The molecule has 2 heterocycles. The van der Waals surface area contributed by atoms with Crippen LogP contribution >= 0.6 is 0 Å². The zero-order chi connectivity index (χ0) is 19.8. The number of pyridine rings is 1. The summed E-state index contributed by atoms with van der Waals surface area (Å²) in [5.41, 5.74) is 6.31. The highest BCUT2D eigenvalue weighted by Gasteiger charge is 2.21.